The number of carbonyl (C=O) groups excluding carboxylic acids is 2. The summed E-state index contributed by atoms with van der Waals surface area (Å²) in [6.07, 6.45) is 2.29. The van der Waals surface area contributed by atoms with E-state index in [4.69, 9.17) is 0 Å². The van der Waals surface area contributed by atoms with E-state index in [1.54, 1.807) is 6.92 Å². The Morgan fingerprint density at radius 3 is 2.47 bits per heavy atom. The second-order valence-corrected chi connectivity index (χ2v) is 10.1. The summed E-state index contributed by atoms with van der Waals surface area (Å²) in [6, 6.07) is 0.347. The molecule has 5 unspecified atom stereocenters. The lowest BCUT2D eigenvalue weighted by molar-refractivity contribution is -0.131. The normalized spacial score (nSPS) is 40.8. The van der Waals surface area contributed by atoms with Crippen molar-refractivity contribution in [1.82, 2.24) is 25.3 Å². The van der Waals surface area contributed by atoms with E-state index in [9.17, 15) is 14.0 Å². The first kappa shape index (κ1) is 22.0. The summed E-state index contributed by atoms with van der Waals surface area (Å²) in [7, 11) is 2.11. The van der Waals surface area contributed by atoms with Gasteiger partial charge in [0, 0.05) is 70.2 Å². The summed E-state index contributed by atoms with van der Waals surface area (Å²) in [5.41, 5.74) is 0. The van der Waals surface area contributed by atoms with E-state index in [0.29, 0.717) is 24.8 Å². The molecule has 3 heterocycles. The van der Waals surface area contributed by atoms with E-state index >= 15 is 0 Å². The fourth-order valence-corrected chi connectivity index (χ4v) is 6.16. The summed E-state index contributed by atoms with van der Waals surface area (Å²) >= 11 is 0. The molecule has 1 aliphatic carbocycles. The Morgan fingerprint density at radius 1 is 1.07 bits per heavy atom. The Hall–Kier alpha value is -1.25. The van der Waals surface area contributed by atoms with Crippen LogP contribution in [0.3, 0.4) is 0 Å². The topological polar surface area (TPSA) is 67.9 Å². The maximum absolute atomic E-state index is 14.4. The highest BCUT2D eigenvalue weighted by atomic mass is 19.1. The maximum Gasteiger partial charge on any atom is 0.237 e. The number of nitrogens with one attached hydrogen (secondary N) is 2. The Bertz CT molecular complexity index is 623. The third kappa shape index (κ3) is 4.65. The van der Waals surface area contributed by atoms with Crippen molar-refractivity contribution in [3.05, 3.63) is 0 Å². The highest BCUT2D eigenvalue weighted by Crippen LogP contribution is 2.38. The zero-order valence-electron chi connectivity index (χ0n) is 18.6. The minimum atomic E-state index is -0.782. The molecule has 3 aliphatic heterocycles. The molecule has 0 radical (unpaired) electrons. The van der Waals surface area contributed by atoms with Crippen LogP contribution in [0.2, 0.25) is 0 Å². The van der Waals surface area contributed by atoms with Gasteiger partial charge in [0.1, 0.15) is 6.17 Å². The lowest BCUT2D eigenvalue weighted by Crippen LogP contribution is -2.60. The van der Waals surface area contributed by atoms with Crippen molar-refractivity contribution >= 4 is 11.8 Å². The van der Waals surface area contributed by atoms with Crippen molar-refractivity contribution in [2.24, 2.45) is 11.8 Å². The number of hydrogen-bond donors (Lipinski definition) is 2. The standard InChI is InChI=1S/C22H38FN5O2/c1-14-4-5-19(23)18-11-20(25-21(14)18)22(30)24-16-10-17(13-26(3)12-16)28-8-6-27(7-9-28)15(2)29/h14,16-21,25H,4-13H2,1-3H3,(H,24,30)/t14?,16-,17+,18?,19?,20?,21?/m1/s1. The second kappa shape index (κ2) is 9.09. The van der Waals surface area contributed by atoms with Crippen molar-refractivity contribution in [2.45, 2.75) is 69.9 Å². The molecule has 1 saturated carbocycles. The molecule has 0 aromatic heterocycles. The van der Waals surface area contributed by atoms with Gasteiger partial charge in [0.25, 0.3) is 0 Å². The van der Waals surface area contributed by atoms with E-state index in [1.165, 1.54) is 0 Å². The van der Waals surface area contributed by atoms with Crippen molar-refractivity contribution in [3.8, 4) is 0 Å². The van der Waals surface area contributed by atoms with Crippen LogP contribution in [0.4, 0.5) is 4.39 Å². The van der Waals surface area contributed by atoms with Crippen LogP contribution in [-0.4, -0.2) is 103 Å². The molecular formula is C22H38FN5O2. The zero-order valence-corrected chi connectivity index (χ0v) is 18.6. The van der Waals surface area contributed by atoms with E-state index in [0.717, 1.165) is 52.1 Å². The molecule has 2 amide bonds. The Balaban J connectivity index is 1.31. The molecule has 3 saturated heterocycles. The molecular weight excluding hydrogens is 385 g/mol. The predicted octanol–water partition coefficient (Wildman–Crippen LogP) is 0.454. The van der Waals surface area contributed by atoms with Gasteiger partial charge in [0.15, 0.2) is 0 Å². The Morgan fingerprint density at radius 2 is 1.80 bits per heavy atom. The molecule has 170 valence electrons. The number of halogens is 1. The van der Waals surface area contributed by atoms with Crippen LogP contribution in [0.1, 0.15) is 39.5 Å². The Kier molecular flexibility index (Phi) is 6.65. The molecule has 7 atom stereocenters. The summed E-state index contributed by atoms with van der Waals surface area (Å²) in [5, 5.41) is 6.72. The Labute approximate surface area is 179 Å². The quantitative estimate of drug-likeness (QED) is 0.690. The van der Waals surface area contributed by atoms with Gasteiger partial charge in [-0.05, 0) is 38.6 Å². The smallest absolute Gasteiger partial charge is 0.237 e. The van der Waals surface area contributed by atoms with Gasteiger partial charge in [-0.1, -0.05) is 6.92 Å². The first-order valence-corrected chi connectivity index (χ1v) is 11.7. The van der Waals surface area contributed by atoms with Gasteiger partial charge in [-0.2, -0.15) is 0 Å². The summed E-state index contributed by atoms with van der Waals surface area (Å²) in [4.78, 5) is 31.3. The predicted molar refractivity (Wildman–Crippen MR) is 114 cm³/mol. The minimum absolute atomic E-state index is 0.0242. The lowest BCUT2D eigenvalue weighted by Gasteiger charge is -2.45. The SMILES string of the molecule is CC(=O)N1CCN([C@H]2C[C@@H](NC(=O)C3CC4C(F)CCC(C)C4N3)CN(C)C2)CC1. The molecule has 2 N–H and O–H groups in total. The van der Waals surface area contributed by atoms with Gasteiger partial charge in [0.2, 0.25) is 11.8 Å². The molecule has 0 bridgehead atoms. The first-order valence-electron chi connectivity index (χ1n) is 11.7. The van der Waals surface area contributed by atoms with Crippen LogP contribution < -0.4 is 10.6 Å². The molecule has 8 heteroatoms. The van der Waals surface area contributed by atoms with Crippen LogP contribution in [0.5, 0.6) is 0 Å². The second-order valence-electron chi connectivity index (χ2n) is 10.1. The summed E-state index contributed by atoms with van der Waals surface area (Å²) < 4.78 is 14.4. The highest BCUT2D eigenvalue weighted by molar-refractivity contribution is 5.82. The highest BCUT2D eigenvalue weighted by Gasteiger charge is 2.46. The number of likely N-dealkylation sites (tertiary alicyclic amines) is 1. The molecule has 30 heavy (non-hydrogen) atoms. The van der Waals surface area contributed by atoms with Crippen LogP contribution in [0.15, 0.2) is 0 Å². The van der Waals surface area contributed by atoms with Crippen molar-refractivity contribution in [1.29, 1.82) is 0 Å². The van der Waals surface area contributed by atoms with Gasteiger partial charge < -0.3 is 20.4 Å². The number of piperazine rings is 1. The first-order chi connectivity index (χ1) is 14.3. The number of rotatable bonds is 3. The summed E-state index contributed by atoms with van der Waals surface area (Å²) in [5.74, 6) is 0.585. The molecule has 0 aromatic carbocycles. The molecule has 4 aliphatic rings. The van der Waals surface area contributed by atoms with Crippen molar-refractivity contribution in [2.75, 3.05) is 46.3 Å². The van der Waals surface area contributed by atoms with Crippen LogP contribution in [0.25, 0.3) is 0 Å². The minimum Gasteiger partial charge on any atom is -0.351 e. The van der Waals surface area contributed by atoms with Crippen molar-refractivity contribution < 1.29 is 14.0 Å². The third-order valence-corrected chi connectivity index (χ3v) is 7.89. The van der Waals surface area contributed by atoms with Gasteiger partial charge in [0.05, 0.1) is 6.04 Å². The van der Waals surface area contributed by atoms with Crippen LogP contribution in [-0.2, 0) is 9.59 Å². The average Bonchev–Trinajstić information content (AvgIpc) is 3.17. The third-order valence-electron chi connectivity index (χ3n) is 7.89. The maximum atomic E-state index is 14.4. The summed E-state index contributed by atoms with van der Waals surface area (Å²) in [6.45, 7) is 8.98. The van der Waals surface area contributed by atoms with Gasteiger partial charge >= 0.3 is 0 Å². The van der Waals surface area contributed by atoms with Gasteiger partial charge in [-0.25, -0.2) is 4.39 Å². The number of fused-ring (bicyclic) bond motifs is 1. The van der Waals surface area contributed by atoms with E-state index in [2.05, 4.69) is 34.4 Å². The van der Waals surface area contributed by atoms with Crippen LogP contribution >= 0.6 is 0 Å². The van der Waals surface area contributed by atoms with E-state index < -0.39 is 6.17 Å². The van der Waals surface area contributed by atoms with E-state index in [1.807, 2.05) is 4.90 Å². The molecule has 0 aromatic rings. The van der Waals surface area contributed by atoms with E-state index in [-0.39, 0.29) is 35.9 Å². The lowest BCUT2D eigenvalue weighted by atomic mass is 9.77. The fraction of sp³-hybridized carbons (Fsp3) is 0.909. The number of amides is 2. The van der Waals surface area contributed by atoms with Gasteiger partial charge in [-0.3, -0.25) is 14.5 Å². The number of piperidine rings is 1. The fourth-order valence-electron chi connectivity index (χ4n) is 6.16. The number of likely N-dealkylation sites (N-methyl/N-ethyl adjacent to an activating group) is 1. The largest absolute Gasteiger partial charge is 0.351 e. The number of nitrogens with zero attached hydrogens (tertiary/aromatic N) is 3. The number of hydrogen-bond acceptors (Lipinski definition) is 5. The zero-order chi connectivity index (χ0) is 21.4. The van der Waals surface area contributed by atoms with Crippen molar-refractivity contribution in [3.63, 3.8) is 0 Å². The number of alkyl halides is 1. The molecule has 4 rings (SSSR count). The monoisotopic (exact) mass is 423 g/mol. The molecule has 0 spiro atoms. The number of carbonyl (C=O) groups is 2. The van der Waals surface area contributed by atoms with Gasteiger partial charge in [-0.15, -0.1) is 0 Å². The average molecular weight is 424 g/mol. The molecule has 7 nitrogen and oxygen atoms in total. The molecule has 4 fully saturated rings. The van der Waals surface area contributed by atoms with Crippen LogP contribution in [0, 0.1) is 11.8 Å².